The average molecular weight is 351 g/mol. The first-order chi connectivity index (χ1) is 12.4. The van der Waals surface area contributed by atoms with Crippen LogP contribution < -0.4 is 16.3 Å². The normalized spacial score (nSPS) is 19.3. The Kier molecular flexibility index (Phi) is 4.91. The third-order valence-electron chi connectivity index (χ3n) is 4.57. The number of fused-ring (bicyclic) bond motifs is 1. The third-order valence-corrected chi connectivity index (χ3v) is 4.57. The van der Waals surface area contributed by atoms with Crippen molar-refractivity contribution < 1.29 is 9.84 Å². The second-order valence-electron chi connectivity index (χ2n) is 6.75. The van der Waals surface area contributed by atoms with E-state index in [1.807, 2.05) is 56.3 Å². The summed E-state index contributed by atoms with van der Waals surface area (Å²) in [5.74, 6) is 6.92. The van der Waals surface area contributed by atoms with Gasteiger partial charge >= 0.3 is 0 Å². The van der Waals surface area contributed by atoms with Crippen LogP contribution in [-0.2, 0) is 6.54 Å². The lowest BCUT2D eigenvalue weighted by Crippen LogP contribution is -2.33. The maximum atomic E-state index is 9.79. The predicted octanol–water partition coefficient (Wildman–Crippen LogP) is 3.51. The summed E-state index contributed by atoms with van der Waals surface area (Å²) in [6.45, 7) is 4.60. The summed E-state index contributed by atoms with van der Waals surface area (Å²) in [6, 6.07) is 15.0. The first kappa shape index (κ1) is 17.9. The van der Waals surface area contributed by atoms with Crippen LogP contribution in [0.25, 0.3) is 5.57 Å². The topological polar surface area (TPSA) is 84.7 Å². The number of nitrogens with two attached hydrogens (primary N) is 2. The Bertz CT molecular complexity index is 846. The van der Waals surface area contributed by atoms with Gasteiger partial charge in [0.05, 0.1) is 12.2 Å². The number of ether oxygens (including phenoxy) is 1. The van der Waals surface area contributed by atoms with Crippen molar-refractivity contribution in [3.05, 3.63) is 77.6 Å². The molecule has 0 bridgehead atoms. The van der Waals surface area contributed by atoms with Crippen molar-refractivity contribution in [1.82, 2.24) is 5.01 Å². The van der Waals surface area contributed by atoms with Gasteiger partial charge < -0.3 is 20.6 Å². The maximum absolute atomic E-state index is 9.79. The summed E-state index contributed by atoms with van der Waals surface area (Å²) in [4.78, 5) is 0. The number of allylic oxidation sites excluding steroid dienone is 1. The molecular formula is C21H25N3O2. The minimum atomic E-state index is -0.493. The van der Waals surface area contributed by atoms with Crippen molar-refractivity contribution in [2.24, 2.45) is 11.6 Å². The molecule has 3 rings (SSSR count). The van der Waals surface area contributed by atoms with E-state index in [2.05, 4.69) is 0 Å². The first-order valence-electron chi connectivity index (χ1n) is 8.68. The zero-order valence-electron chi connectivity index (χ0n) is 15.1. The van der Waals surface area contributed by atoms with Gasteiger partial charge in [-0.1, -0.05) is 37.3 Å². The summed E-state index contributed by atoms with van der Waals surface area (Å²) >= 11 is 0. The minimum Gasteiger partial charge on any atom is -0.508 e. The molecule has 2 aromatic rings. The van der Waals surface area contributed by atoms with Crippen molar-refractivity contribution in [2.45, 2.75) is 32.4 Å². The Labute approximate surface area is 154 Å². The van der Waals surface area contributed by atoms with E-state index >= 15 is 0 Å². The Hall–Kier alpha value is -2.92. The van der Waals surface area contributed by atoms with E-state index in [1.54, 1.807) is 23.3 Å². The smallest absolute Gasteiger partial charge is 0.132 e. The van der Waals surface area contributed by atoms with E-state index in [9.17, 15) is 5.11 Å². The number of hydrogen-bond donors (Lipinski definition) is 3. The molecule has 1 unspecified atom stereocenters. The monoisotopic (exact) mass is 351 g/mol. The molecule has 26 heavy (non-hydrogen) atoms. The van der Waals surface area contributed by atoms with Gasteiger partial charge in [0.25, 0.3) is 0 Å². The number of hydrazine groups is 1. The molecule has 0 aromatic heterocycles. The highest BCUT2D eigenvalue weighted by atomic mass is 16.5. The van der Waals surface area contributed by atoms with Crippen LogP contribution in [0.2, 0.25) is 0 Å². The number of hydrogen-bond acceptors (Lipinski definition) is 5. The highest BCUT2D eigenvalue weighted by molar-refractivity contribution is 5.83. The molecule has 0 fully saturated rings. The zero-order chi connectivity index (χ0) is 18.7. The Morgan fingerprint density at radius 2 is 1.96 bits per heavy atom. The van der Waals surface area contributed by atoms with Gasteiger partial charge in [0, 0.05) is 23.4 Å². The van der Waals surface area contributed by atoms with Crippen LogP contribution >= 0.6 is 0 Å². The Morgan fingerprint density at radius 3 is 2.65 bits per heavy atom. The fourth-order valence-electron chi connectivity index (χ4n) is 2.98. The highest BCUT2D eigenvalue weighted by Gasteiger charge is 2.30. The highest BCUT2D eigenvalue weighted by Crippen LogP contribution is 2.41. The van der Waals surface area contributed by atoms with Crippen LogP contribution in [-0.4, -0.2) is 15.7 Å². The van der Waals surface area contributed by atoms with Crippen LogP contribution in [0.3, 0.4) is 0 Å². The van der Waals surface area contributed by atoms with E-state index < -0.39 is 5.60 Å². The van der Waals surface area contributed by atoms with Gasteiger partial charge in [-0.25, -0.2) is 5.84 Å². The van der Waals surface area contributed by atoms with E-state index in [1.165, 1.54) is 0 Å². The largest absolute Gasteiger partial charge is 0.508 e. The van der Waals surface area contributed by atoms with Gasteiger partial charge in [-0.15, -0.1) is 0 Å². The lowest BCUT2D eigenvalue weighted by atomic mass is 9.90. The number of nitrogens with zero attached hydrogens (tertiary/aromatic N) is 1. The standard InChI is InChI=1S/C21H25N3O2/c1-3-21(2)12-18(17-10-9-16(25)11-20(17)26-21)19(22)14-24(23)13-15-7-5-4-6-8-15/h4-12,14,25H,3,13,22-23H2,1-2H3/b19-14-. The van der Waals surface area contributed by atoms with Crippen LogP contribution in [0.4, 0.5) is 0 Å². The van der Waals surface area contributed by atoms with Crippen molar-refractivity contribution >= 4 is 5.57 Å². The molecule has 2 aromatic carbocycles. The quantitative estimate of drug-likeness (QED) is 0.567. The van der Waals surface area contributed by atoms with E-state index in [-0.39, 0.29) is 5.75 Å². The lowest BCUT2D eigenvalue weighted by molar-refractivity contribution is 0.132. The van der Waals surface area contributed by atoms with Crippen molar-refractivity contribution in [3.8, 4) is 11.5 Å². The van der Waals surface area contributed by atoms with Gasteiger partial charge in [0.2, 0.25) is 0 Å². The summed E-state index contributed by atoms with van der Waals surface area (Å²) in [5, 5.41) is 11.4. The first-order valence-corrected chi connectivity index (χ1v) is 8.68. The predicted molar refractivity (Wildman–Crippen MR) is 104 cm³/mol. The van der Waals surface area contributed by atoms with Crippen molar-refractivity contribution in [3.63, 3.8) is 0 Å². The molecule has 1 atom stereocenters. The summed E-state index contributed by atoms with van der Waals surface area (Å²) in [7, 11) is 0. The van der Waals surface area contributed by atoms with Gasteiger partial charge in [0.1, 0.15) is 17.1 Å². The third kappa shape index (κ3) is 3.83. The molecule has 1 aliphatic rings. The van der Waals surface area contributed by atoms with Gasteiger partial charge in [-0.2, -0.15) is 0 Å². The van der Waals surface area contributed by atoms with Crippen molar-refractivity contribution in [1.29, 1.82) is 0 Å². The molecule has 1 heterocycles. The second kappa shape index (κ2) is 7.14. The summed E-state index contributed by atoms with van der Waals surface area (Å²) in [6.07, 6.45) is 4.53. The molecule has 5 N–H and O–H groups in total. The van der Waals surface area contributed by atoms with E-state index in [4.69, 9.17) is 16.3 Å². The molecule has 5 nitrogen and oxygen atoms in total. The molecule has 0 amide bonds. The molecule has 0 spiro atoms. The minimum absolute atomic E-state index is 0.163. The number of rotatable bonds is 5. The van der Waals surface area contributed by atoms with Crippen LogP contribution in [0.1, 0.15) is 31.4 Å². The number of phenols is 1. The second-order valence-corrected chi connectivity index (χ2v) is 6.75. The van der Waals surface area contributed by atoms with E-state index in [0.717, 1.165) is 23.1 Å². The SMILES string of the molecule is CCC1(C)C=C(/C(N)=C/N(N)Cc2ccccc2)c2ccc(O)cc2O1. The molecule has 0 aliphatic carbocycles. The van der Waals surface area contributed by atoms with E-state index in [0.29, 0.717) is 18.0 Å². The number of phenolic OH excluding ortho intramolecular Hbond substituents is 1. The molecule has 0 radical (unpaired) electrons. The molecule has 0 saturated heterocycles. The molecule has 5 heteroatoms. The lowest BCUT2D eigenvalue weighted by Gasteiger charge is -2.33. The Morgan fingerprint density at radius 1 is 1.23 bits per heavy atom. The number of benzene rings is 2. The molecule has 1 aliphatic heterocycles. The van der Waals surface area contributed by atoms with Crippen LogP contribution in [0, 0.1) is 0 Å². The van der Waals surface area contributed by atoms with Gasteiger partial charge in [0.15, 0.2) is 0 Å². The average Bonchev–Trinajstić information content (AvgIpc) is 2.61. The molecule has 0 saturated carbocycles. The number of aromatic hydroxyl groups is 1. The maximum Gasteiger partial charge on any atom is 0.132 e. The van der Waals surface area contributed by atoms with Gasteiger partial charge in [-0.3, -0.25) is 0 Å². The fourth-order valence-corrected chi connectivity index (χ4v) is 2.98. The summed E-state index contributed by atoms with van der Waals surface area (Å²) in [5.41, 5.74) is 9.25. The van der Waals surface area contributed by atoms with Crippen LogP contribution in [0.15, 0.2) is 66.5 Å². The molecular weight excluding hydrogens is 326 g/mol. The van der Waals surface area contributed by atoms with Crippen LogP contribution in [0.5, 0.6) is 11.5 Å². The fraction of sp³-hybridized carbons (Fsp3) is 0.238. The van der Waals surface area contributed by atoms with Crippen molar-refractivity contribution in [2.75, 3.05) is 0 Å². The molecule has 136 valence electrons. The summed E-state index contributed by atoms with van der Waals surface area (Å²) < 4.78 is 6.07. The Balaban J connectivity index is 1.92. The van der Waals surface area contributed by atoms with Gasteiger partial charge in [-0.05, 0) is 37.1 Å². The zero-order valence-corrected chi connectivity index (χ0v) is 15.1.